The van der Waals surface area contributed by atoms with E-state index in [1.165, 1.54) is 12.3 Å². The molecule has 0 fully saturated rings. The Bertz CT molecular complexity index is 376. The van der Waals surface area contributed by atoms with E-state index >= 15 is 0 Å². The number of nitrogens with one attached hydrogen (secondary N) is 1. The molecular weight excluding hydrogens is 220 g/mol. The molecule has 0 aliphatic rings. The van der Waals surface area contributed by atoms with Crippen LogP contribution in [0.4, 0.5) is 0 Å². The van der Waals surface area contributed by atoms with Gasteiger partial charge in [0.25, 0.3) is 5.91 Å². The molecule has 1 unspecified atom stereocenters. The first-order chi connectivity index (χ1) is 8.15. The van der Waals surface area contributed by atoms with Gasteiger partial charge in [-0.05, 0) is 25.5 Å². The molecule has 1 rings (SSSR count). The number of amides is 1. The van der Waals surface area contributed by atoms with Gasteiger partial charge in [-0.15, -0.1) is 0 Å². The largest absolute Gasteiger partial charge is 0.482 e. The van der Waals surface area contributed by atoms with E-state index in [0.717, 1.165) is 6.42 Å². The molecule has 0 aliphatic carbocycles. The van der Waals surface area contributed by atoms with Crippen LogP contribution in [0.3, 0.4) is 0 Å². The third-order valence-corrected chi connectivity index (χ3v) is 2.27. The molecule has 0 radical (unpaired) electrons. The lowest BCUT2D eigenvalue weighted by Gasteiger charge is -2.11. The summed E-state index contributed by atoms with van der Waals surface area (Å²) in [6.45, 7) is 3.87. The topological polar surface area (TPSA) is 68.3 Å². The lowest BCUT2D eigenvalue weighted by atomic mass is 10.2. The quantitative estimate of drug-likeness (QED) is 0.753. The van der Waals surface area contributed by atoms with E-state index in [-0.39, 0.29) is 18.6 Å². The van der Waals surface area contributed by atoms with Crippen LogP contribution in [-0.4, -0.2) is 29.8 Å². The zero-order valence-electron chi connectivity index (χ0n) is 9.97. The first kappa shape index (κ1) is 13.2. The van der Waals surface area contributed by atoms with Gasteiger partial charge in [-0.3, -0.25) is 9.59 Å². The van der Waals surface area contributed by atoms with Crippen molar-refractivity contribution in [1.29, 1.82) is 0 Å². The Labute approximate surface area is 100 Å². The molecule has 0 spiro atoms. The maximum atomic E-state index is 11.4. The van der Waals surface area contributed by atoms with Crippen molar-refractivity contribution in [1.82, 2.24) is 10.3 Å². The molecule has 0 aromatic carbocycles. The summed E-state index contributed by atoms with van der Waals surface area (Å²) in [6, 6.07) is 3.28. The standard InChI is InChI=1S/C12H16N2O3/c1-3-9(2)14-12(16)8-17-11-5-4-10(7-15)13-6-11/h4-7,9H,3,8H2,1-2H3,(H,14,16). The molecule has 1 amide bonds. The molecule has 5 heteroatoms. The molecule has 1 aromatic heterocycles. The summed E-state index contributed by atoms with van der Waals surface area (Å²) >= 11 is 0. The highest BCUT2D eigenvalue weighted by molar-refractivity contribution is 5.77. The van der Waals surface area contributed by atoms with Gasteiger partial charge >= 0.3 is 0 Å². The number of rotatable bonds is 6. The van der Waals surface area contributed by atoms with E-state index in [2.05, 4.69) is 10.3 Å². The fraction of sp³-hybridized carbons (Fsp3) is 0.417. The predicted molar refractivity (Wildman–Crippen MR) is 63.0 cm³/mol. The van der Waals surface area contributed by atoms with Gasteiger partial charge in [-0.25, -0.2) is 4.98 Å². The maximum absolute atomic E-state index is 11.4. The predicted octanol–water partition coefficient (Wildman–Crippen LogP) is 1.19. The fourth-order valence-corrected chi connectivity index (χ4v) is 1.11. The van der Waals surface area contributed by atoms with Crippen molar-refractivity contribution >= 4 is 12.2 Å². The number of hydrogen-bond donors (Lipinski definition) is 1. The first-order valence-corrected chi connectivity index (χ1v) is 5.49. The number of carbonyl (C=O) groups excluding carboxylic acids is 2. The lowest BCUT2D eigenvalue weighted by Crippen LogP contribution is -2.35. The number of pyridine rings is 1. The van der Waals surface area contributed by atoms with Gasteiger partial charge in [0, 0.05) is 6.04 Å². The number of nitrogens with zero attached hydrogens (tertiary/aromatic N) is 1. The second kappa shape index (κ2) is 6.62. The lowest BCUT2D eigenvalue weighted by molar-refractivity contribution is -0.123. The van der Waals surface area contributed by atoms with Crippen molar-refractivity contribution in [2.24, 2.45) is 0 Å². The van der Waals surface area contributed by atoms with Crippen LogP contribution in [0.25, 0.3) is 0 Å². The van der Waals surface area contributed by atoms with Gasteiger partial charge in [0.15, 0.2) is 12.9 Å². The molecule has 0 saturated carbocycles. The summed E-state index contributed by atoms with van der Waals surface area (Å²) < 4.78 is 5.22. The molecule has 0 saturated heterocycles. The van der Waals surface area contributed by atoms with Gasteiger partial charge < -0.3 is 10.1 Å². The Morgan fingerprint density at radius 3 is 2.88 bits per heavy atom. The van der Waals surface area contributed by atoms with Crippen molar-refractivity contribution in [3.63, 3.8) is 0 Å². The molecule has 1 N–H and O–H groups in total. The summed E-state index contributed by atoms with van der Waals surface area (Å²) in [5.74, 6) is 0.300. The van der Waals surface area contributed by atoms with Gasteiger partial charge in [-0.1, -0.05) is 6.92 Å². The van der Waals surface area contributed by atoms with Crippen molar-refractivity contribution in [2.45, 2.75) is 26.3 Å². The Kier molecular flexibility index (Phi) is 5.13. The second-order valence-corrected chi connectivity index (χ2v) is 3.70. The fourth-order valence-electron chi connectivity index (χ4n) is 1.11. The number of aldehydes is 1. The second-order valence-electron chi connectivity index (χ2n) is 3.70. The average molecular weight is 236 g/mol. The number of ether oxygens (including phenoxy) is 1. The zero-order valence-corrected chi connectivity index (χ0v) is 9.97. The highest BCUT2D eigenvalue weighted by Crippen LogP contribution is 2.07. The molecule has 1 atom stereocenters. The molecule has 0 aliphatic heterocycles. The Morgan fingerprint density at radius 2 is 2.35 bits per heavy atom. The highest BCUT2D eigenvalue weighted by Gasteiger charge is 2.06. The molecule has 1 aromatic rings. The van der Waals surface area contributed by atoms with Crippen LogP contribution in [-0.2, 0) is 4.79 Å². The van der Waals surface area contributed by atoms with Crippen LogP contribution in [0.5, 0.6) is 5.75 Å². The Hall–Kier alpha value is -1.91. The van der Waals surface area contributed by atoms with E-state index in [1.54, 1.807) is 6.07 Å². The molecular formula is C12H16N2O3. The summed E-state index contributed by atoms with van der Waals surface area (Å²) in [7, 11) is 0. The molecule has 0 bridgehead atoms. The minimum atomic E-state index is -0.168. The highest BCUT2D eigenvalue weighted by atomic mass is 16.5. The van der Waals surface area contributed by atoms with Crippen LogP contribution < -0.4 is 10.1 Å². The Morgan fingerprint density at radius 1 is 1.59 bits per heavy atom. The van der Waals surface area contributed by atoms with Crippen LogP contribution in [0.2, 0.25) is 0 Å². The minimum absolute atomic E-state index is 0.0492. The summed E-state index contributed by atoms with van der Waals surface area (Å²) in [5.41, 5.74) is 0.335. The number of hydrogen-bond acceptors (Lipinski definition) is 4. The third kappa shape index (κ3) is 4.63. The summed E-state index contributed by atoms with van der Waals surface area (Å²) in [6.07, 6.45) is 2.95. The zero-order chi connectivity index (χ0) is 12.7. The van der Waals surface area contributed by atoms with Crippen LogP contribution in [0, 0.1) is 0 Å². The molecule has 5 nitrogen and oxygen atoms in total. The van der Waals surface area contributed by atoms with Crippen molar-refractivity contribution in [3.05, 3.63) is 24.0 Å². The van der Waals surface area contributed by atoms with E-state index in [0.29, 0.717) is 17.7 Å². The van der Waals surface area contributed by atoms with Crippen molar-refractivity contribution < 1.29 is 14.3 Å². The molecule has 92 valence electrons. The normalized spacial score (nSPS) is 11.6. The van der Waals surface area contributed by atoms with Crippen LogP contribution in [0.15, 0.2) is 18.3 Å². The van der Waals surface area contributed by atoms with Gasteiger partial charge in [0.05, 0.1) is 6.20 Å². The van der Waals surface area contributed by atoms with E-state index in [9.17, 15) is 9.59 Å². The van der Waals surface area contributed by atoms with Gasteiger partial charge in [0.2, 0.25) is 0 Å². The molecule has 1 heterocycles. The minimum Gasteiger partial charge on any atom is -0.482 e. The van der Waals surface area contributed by atoms with E-state index in [1.807, 2.05) is 13.8 Å². The molecule has 17 heavy (non-hydrogen) atoms. The summed E-state index contributed by atoms with van der Waals surface area (Å²) in [4.78, 5) is 25.6. The van der Waals surface area contributed by atoms with Crippen molar-refractivity contribution in [2.75, 3.05) is 6.61 Å². The average Bonchev–Trinajstić information content (AvgIpc) is 2.36. The first-order valence-electron chi connectivity index (χ1n) is 5.49. The van der Waals surface area contributed by atoms with E-state index < -0.39 is 0 Å². The van der Waals surface area contributed by atoms with Crippen molar-refractivity contribution in [3.8, 4) is 5.75 Å². The third-order valence-electron chi connectivity index (χ3n) is 2.27. The smallest absolute Gasteiger partial charge is 0.258 e. The van der Waals surface area contributed by atoms with Gasteiger partial charge in [-0.2, -0.15) is 0 Å². The maximum Gasteiger partial charge on any atom is 0.258 e. The SMILES string of the molecule is CCC(C)NC(=O)COc1ccc(C=O)nc1. The monoisotopic (exact) mass is 236 g/mol. The van der Waals surface area contributed by atoms with Gasteiger partial charge in [0.1, 0.15) is 11.4 Å². The number of carbonyl (C=O) groups is 2. The van der Waals surface area contributed by atoms with E-state index in [4.69, 9.17) is 4.74 Å². The van der Waals surface area contributed by atoms with Crippen LogP contribution in [0.1, 0.15) is 30.8 Å². The van der Waals surface area contributed by atoms with Crippen LogP contribution >= 0.6 is 0 Å². The summed E-state index contributed by atoms with van der Waals surface area (Å²) in [5, 5.41) is 2.78. The number of aromatic nitrogens is 1. The Balaban J connectivity index is 2.39.